The SMILES string of the molecule is CNC(=O)C(=NOC)c1cccc([N+](=O)[O-])c1Oc1ccccc1. The van der Waals surface area contributed by atoms with Crippen LogP contribution in [-0.2, 0) is 9.63 Å². The Morgan fingerprint density at radius 2 is 1.88 bits per heavy atom. The Balaban J connectivity index is 2.62. The van der Waals surface area contributed by atoms with E-state index in [4.69, 9.17) is 4.74 Å². The summed E-state index contributed by atoms with van der Waals surface area (Å²) in [6, 6.07) is 12.8. The van der Waals surface area contributed by atoms with Gasteiger partial charge in [-0.3, -0.25) is 14.9 Å². The number of ether oxygens (including phenoxy) is 1. The van der Waals surface area contributed by atoms with Crippen molar-refractivity contribution in [2.45, 2.75) is 0 Å². The number of likely N-dealkylation sites (N-methyl/N-ethyl adjacent to an activating group) is 1. The van der Waals surface area contributed by atoms with E-state index in [-0.39, 0.29) is 22.7 Å². The van der Waals surface area contributed by atoms with Gasteiger partial charge in [-0.05, 0) is 18.2 Å². The molecule has 1 amide bonds. The van der Waals surface area contributed by atoms with E-state index >= 15 is 0 Å². The van der Waals surface area contributed by atoms with Gasteiger partial charge >= 0.3 is 5.69 Å². The highest BCUT2D eigenvalue weighted by Crippen LogP contribution is 2.35. The van der Waals surface area contributed by atoms with Gasteiger partial charge in [0.15, 0.2) is 5.71 Å². The summed E-state index contributed by atoms with van der Waals surface area (Å²) in [7, 11) is 2.70. The third-order valence-electron chi connectivity index (χ3n) is 3.03. The standard InChI is InChI=1S/C16H15N3O5/c1-17-16(20)14(18-23-2)12-9-6-10-13(19(21)22)15(12)24-11-7-4-3-5-8-11/h3-10H,1-2H3,(H,17,20). The number of oxime groups is 1. The normalized spacial score (nSPS) is 10.8. The summed E-state index contributed by atoms with van der Waals surface area (Å²) < 4.78 is 5.67. The monoisotopic (exact) mass is 329 g/mol. The van der Waals surface area contributed by atoms with E-state index in [2.05, 4.69) is 15.3 Å². The Morgan fingerprint density at radius 1 is 1.17 bits per heavy atom. The highest BCUT2D eigenvalue weighted by molar-refractivity contribution is 6.45. The van der Waals surface area contributed by atoms with Crippen molar-refractivity contribution < 1.29 is 19.3 Å². The van der Waals surface area contributed by atoms with Gasteiger partial charge in [-0.2, -0.15) is 0 Å². The molecule has 2 rings (SSSR count). The highest BCUT2D eigenvalue weighted by Gasteiger charge is 2.26. The lowest BCUT2D eigenvalue weighted by Gasteiger charge is -2.12. The summed E-state index contributed by atoms with van der Waals surface area (Å²) >= 11 is 0. The Hall–Kier alpha value is -3.42. The van der Waals surface area contributed by atoms with Crippen LogP contribution in [0.4, 0.5) is 5.69 Å². The van der Waals surface area contributed by atoms with E-state index in [0.29, 0.717) is 5.75 Å². The minimum atomic E-state index is -0.587. The Kier molecular flexibility index (Phi) is 5.45. The number of rotatable bonds is 6. The third-order valence-corrected chi connectivity index (χ3v) is 3.03. The van der Waals surface area contributed by atoms with Crippen LogP contribution in [-0.4, -0.2) is 30.7 Å². The molecular weight excluding hydrogens is 314 g/mol. The topological polar surface area (TPSA) is 103 Å². The van der Waals surface area contributed by atoms with E-state index < -0.39 is 10.8 Å². The number of nitro benzene ring substituents is 1. The molecule has 0 aliphatic heterocycles. The van der Waals surface area contributed by atoms with Crippen molar-refractivity contribution >= 4 is 17.3 Å². The molecule has 0 bridgehead atoms. The van der Waals surface area contributed by atoms with Gasteiger partial charge in [0.1, 0.15) is 12.9 Å². The molecule has 0 saturated heterocycles. The lowest BCUT2D eigenvalue weighted by Crippen LogP contribution is -2.29. The first kappa shape index (κ1) is 16.9. The fourth-order valence-electron chi connectivity index (χ4n) is 1.99. The quantitative estimate of drug-likeness (QED) is 0.498. The van der Waals surface area contributed by atoms with Gasteiger partial charge in [0.05, 0.1) is 10.5 Å². The van der Waals surface area contributed by atoms with Crippen molar-refractivity contribution in [3.05, 3.63) is 64.2 Å². The van der Waals surface area contributed by atoms with Crippen molar-refractivity contribution in [1.82, 2.24) is 5.32 Å². The molecule has 0 aliphatic carbocycles. The van der Waals surface area contributed by atoms with Crippen molar-refractivity contribution in [2.24, 2.45) is 5.16 Å². The van der Waals surface area contributed by atoms with Crippen LogP contribution in [0.3, 0.4) is 0 Å². The van der Waals surface area contributed by atoms with Crippen LogP contribution < -0.4 is 10.1 Å². The third kappa shape index (κ3) is 3.67. The molecular formula is C16H15N3O5. The number of amides is 1. The zero-order valence-corrected chi connectivity index (χ0v) is 13.1. The first-order valence-electron chi connectivity index (χ1n) is 6.92. The number of carbonyl (C=O) groups excluding carboxylic acids is 1. The summed E-state index contributed by atoms with van der Waals surface area (Å²) in [5.74, 6) is -0.259. The predicted octanol–water partition coefficient (Wildman–Crippen LogP) is 2.48. The summed E-state index contributed by atoms with van der Waals surface area (Å²) in [6.45, 7) is 0. The smallest absolute Gasteiger partial charge is 0.312 e. The highest BCUT2D eigenvalue weighted by atomic mass is 16.6. The van der Waals surface area contributed by atoms with Crippen molar-refractivity contribution in [2.75, 3.05) is 14.2 Å². The zero-order valence-electron chi connectivity index (χ0n) is 13.1. The van der Waals surface area contributed by atoms with Gasteiger partial charge in [-0.15, -0.1) is 0 Å². The maximum atomic E-state index is 12.0. The molecule has 0 fully saturated rings. The first-order chi connectivity index (χ1) is 11.6. The van der Waals surface area contributed by atoms with Crippen LogP contribution in [0.15, 0.2) is 53.7 Å². The zero-order chi connectivity index (χ0) is 17.5. The van der Waals surface area contributed by atoms with E-state index in [1.807, 2.05) is 0 Å². The Labute approximate surface area is 137 Å². The maximum Gasteiger partial charge on any atom is 0.312 e. The largest absolute Gasteiger partial charge is 0.449 e. The number of nitro groups is 1. The number of benzene rings is 2. The lowest BCUT2D eigenvalue weighted by molar-refractivity contribution is -0.385. The molecule has 0 spiro atoms. The van der Waals surface area contributed by atoms with E-state index in [1.54, 1.807) is 30.3 Å². The molecule has 0 radical (unpaired) electrons. The number of nitrogens with one attached hydrogen (secondary N) is 1. The number of nitrogens with zero attached hydrogens (tertiary/aromatic N) is 2. The second-order valence-electron chi connectivity index (χ2n) is 4.53. The van der Waals surface area contributed by atoms with Crippen LogP contribution >= 0.6 is 0 Å². The van der Waals surface area contributed by atoms with Gasteiger partial charge < -0.3 is 14.9 Å². The molecule has 0 heterocycles. The van der Waals surface area contributed by atoms with Gasteiger partial charge in [0.2, 0.25) is 5.75 Å². The first-order valence-corrected chi connectivity index (χ1v) is 6.92. The van der Waals surface area contributed by atoms with Crippen molar-refractivity contribution in [3.63, 3.8) is 0 Å². The molecule has 124 valence electrons. The average molecular weight is 329 g/mol. The summed E-state index contributed by atoms with van der Waals surface area (Å²) in [5.41, 5.74) is -0.270. The predicted molar refractivity (Wildman–Crippen MR) is 87.2 cm³/mol. The van der Waals surface area contributed by atoms with Gasteiger partial charge in [0, 0.05) is 13.1 Å². The van der Waals surface area contributed by atoms with Crippen LogP contribution in [0.5, 0.6) is 11.5 Å². The van der Waals surface area contributed by atoms with Crippen molar-refractivity contribution in [3.8, 4) is 11.5 Å². The number of para-hydroxylation sites is 2. The molecule has 2 aromatic rings. The molecule has 1 N–H and O–H groups in total. The fraction of sp³-hybridized carbons (Fsp3) is 0.125. The van der Waals surface area contributed by atoms with Gasteiger partial charge in [-0.25, -0.2) is 0 Å². The molecule has 0 unspecified atom stereocenters. The molecule has 0 atom stereocenters. The number of hydrogen-bond acceptors (Lipinski definition) is 6. The maximum absolute atomic E-state index is 12.0. The van der Waals surface area contributed by atoms with E-state index in [1.165, 1.54) is 32.4 Å². The Morgan fingerprint density at radius 3 is 2.46 bits per heavy atom. The van der Waals surface area contributed by atoms with Gasteiger partial charge in [0.25, 0.3) is 5.91 Å². The summed E-state index contributed by atoms with van der Waals surface area (Å²) in [5, 5.41) is 17.4. The molecule has 2 aromatic carbocycles. The average Bonchev–Trinajstić information content (AvgIpc) is 2.60. The van der Waals surface area contributed by atoms with Crippen LogP contribution in [0.1, 0.15) is 5.56 Å². The Bertz CT molecular complexity index is 775. The van der Waals surface area contributed by atoms with Crippen LogP contribution in [0, 0.1) is 10.1 Å². The van der Waals surface area contributed by atoms with E-state index in [9.17, 15) is 14.9 Å². The second kappa shape index (κ2) is 7.73. The molecule has 0 aromatic heterocycles. The number of carbonyl (C=O) groups is 1. The molecule has 8 nitrogen and oxygen atoms in total. The molecule has 0 aliphatic rings. The van der Waals surface area contributed by atoms with Gasteiger partial charge in [-0.1, -0.05) is 29.4 Å². The summed E-state index contributed by atoms with van der Waals surface area (Å²) in [6.07, 6.45) is 0. The van der Waals surface area contributed by atoms with Crippen molar-refractivity contribution in [1.29, 1.82) is 0 Å². The lowest BCUT2D eigenvalue weighted by atomic mass is 10.1. The minimum Gasteiger partial charge on any atom is -0.449 e. The second-order valence-corrected chi connectivity index (χ2v) is 4.53. The molecule has 0 saturated carbocycles. The fourth-order valence-corrected chi connectivity index (χ4v) is 1.99. The van der Waals surface area contributed by atoms with Crippen LogP contribution in [0.2, 0.25) is 0 Å². The number of hydrogen-bond donors (Lipinski definition) is 1. The molecule has 8 heteroatoms. The minimum absolute atomic E-state index is 0.0897. The van der Waals surface area contributed by atoms with Crippen LogP contribution in [0.25, 0.3) is 0 Å². The van der Waals surface area contributed by atoms with E-state index in [0.717, 1.165) is 0 Å². The molecule has 24 heavy (non-hydrogen) atoms. The summed E-state index contributed by atoms with van der Waals surface area (Å²) in [4.78, 5) is 27.5.